The number of imide groups is 1. The highest BCUT2D eigenvalue weighted by Crippen LogP contribution is 2.52. The summed E-state index contributed by atoms with van der Waals surface area (Å²) in [6, 6.07) is 9.35. The van der Waals surface area contributed by atoms with Crippen LogP contribution in [0.4, 0.5) is 5.69 Å². The summed E-state index contributed by atoms with van der Waals surface area (Å²) in [6.45, 7) is 0.181. The number of rotatable bonds is 4. The molecule has 5 nitrogen and oxygen atoms in total. The van der Waals surface area contributed by atoms with Crippen molar-refractivity contribution in [3.63, 3.8) is 0 Å². The normalized spacial score (nSPS) is 30.1. The van der Waals surface area contributed by atoms with E-state index in [2.05, 4.69) is 12.2 Å². The Kier molecular flexibility index (Phi) is 3.52. The second-order valence-electron chi connectivity index (χ2n) is 6.87. The minimum Gasteiger partial charge on any atom is -0.315 e. The number of likely N-dealkylation sites (tertiary alicyclic amines) is 1. The first-order chi connectivity index (χ1) is 11.6. The fourth-order valence-electron chi connectivity index (χ4n) is 4.36. The minimum absolute atomic E-state index is 0.0861. The van der Waals surface area contributed by atoms with E-state index in [0.29, 0.717) is 0 Å². The molecule has 4 rings (SSSR count). The van der Waals surface area contributed by atoms with Gasteiger partial charge in [-0.15, -0.1) is 0 Å². The quantitative estimate of drug-likeness (QED) is 0.627. The molecule has 1 aromatic rings. The van der Waals surface area contributed by atoms with E-state index in [9.17, 15) is 14.4 Å². The van der Waals surface area contributed by atoms with Gasteiger partial charge in [0, 0.05) is 25.7 Å². The molecule has 4 atom stereocenters. The van der Waals surface area contributed by atoms with Gasteiger partial charge < -0.3 is 4.90 Å². The van der Waals surface area contributed by atoms with Crippen LogP contribution in [0.25, 0.3) is 0 Å². The van der Waals surface area contributed by atoms with Crippen molar-refractivity contribution in [2.24, 2.45) is 23.7 Å². The number of fused-ring (bicyclic) bond motifs is 5. The van der Waals surface area contributed by atoms with Gasteiger partial charge in [-0.3, -0.25) is 19.3 Å². The lowest BCUT2D eigenvalue weighted by atomic mass is 9.85. The van der Waals surface area contributed by atoms with Crippen molar-refractivity contribution >= 4 is 23.4 Å². The summed E-state index contributed by atoms with van der Waals surface area (Å²) in [5.74, 6) is -0.216. The Balaban J connectivity index is 1.41. The number of nitrogens with zero attached hydrogens (tertiary/aromatic N) is 2. The highest BCUT2D eigenvalue weighted by Gasteiger charge is 2.59. The lowest BCUT2D eigenvalue weighted by Gasteiger charge is -2.20. The first-order valence-corrected chi connectivity index (χ1v) is 8.43. The summed E-state index contributed by atoms with van der Waals surface area (Å²) in [7, 11) is 1.71. The van der Waals surface area contributed by atoms with E-state index >= 15 is 0 Å². The third kappa shape index (κ3) is 2.19. The summed E-state index contributed by atoms with van der Waals surface area (Å²) in [5.41, 5.74) is 0.806. The maximum absolute atomic E-state index is 12.6. The fraction of sp³-hybridized carbons (Fsp3) is 0.421. The van der Waals surface area contributed by atoms with Crippen LogP contribution in [0, 0.1) is 23.7 Å². The molecule has 2 aliphatic carbocycles. The van der Waals surface area contributed by atoms with Crippen molar-refractivity contribution in [1.29, 1.82) is 0 Å². The number of hydrogen-bond acceptors (Lipinski definition) is 3. The molecule has 1 saturated heterocycles. The molecule has 1 saturated carbocycles. The monoisotopic (exact) mass is 324 g/mol. The predicted octanol–water partition coefficient (Wildman–Crippen LogP) is 1.85. The molecule has 24 heavy (non-hydrogen) atoms. The van der Waals surface area contributed by atoms with Gasteiger partial charge in [0.2, 0.25) is 17.7 Å². The molecule has 0 radical (unpaired) electrons. The summed E-state index contributed by atoms with van der Waals surface area (Å²) in [4.78, 5) is 40.4. The van der Waals surface area contributed by atoms with E-state index < -0.39 is 0 Å². The molecule has 2 bridgehead atoms. The molecule has 0 N–H and O–H groups in total. The average molecular weight is 324 g/mol. The summed E-state index contributed by atoms with van der Waals surface area (Å²) >= 11 is 0. The summed E-state index contributed by atoms with van der Waals surface area (Å²) in [6.07, 6.45) is 5.24. The topological polar surface area (TPSA) is 57.7 Å². The second kappa shape index (κ2) is 5.58. The Bertz CT molecular complexity index is 697. The van der Waals surface area contributed by atoms with Crippen molar-refractivity contribution < 1.29 is 14.4 Å². The van der Waals surface area contributed by atoms with Crippen LogP contribution in [0.5, 0.6) is 0 Å². The van der Waals surface area contributed by atoms with Crippen LogP contribution in [0.3, 0.4) is 0 Å². The molecule has 0 spiro atoms. The molecule has 5 heteroatoms. The van der Waals surface area contributed by atoms with Crippen LogP contribution in [0.15, 0.2) is 42.5 Å². The Labute approximate surface area is 140 Å². The van der Waals surface area contributed by atoms with E-state index in [1.165, 1.54) is 4.90 Å². The standard InChI is InChI=1S/C19H20N2O3/c1-20(14-5-3-2-4-6-14)15(22)9-10-21-18(23)16-12-7-8-13(11-12)17(16)19(21)24/h2-8,12-13,16-17H,9-11H2,1H3/t12-,13-,16+,17+/m1/s1. The third-order valence-electron chi connectivity index (χ3n) is 5.63. The fourth-order valence-corrected chi connectivity index (χ4v) is 4.36. The zero-order chi connectivity index (χ0) is 16.8. The zero-order valence-corrected chi connectivity index (χ0v) is 13.6. The van der Waals surface area contributed by atoms with Gasteiger partial charge in [-0.25, -0.2) is 0 Å². The lowest BCUT2D eigenvalue weighted by molar-refractivity contribution is -0.140. The smallest absolute Gasteiger partial charge is 0.233 e. The van der Waals surface area contributed by atoms with Crippen LogP contribution in [-0.4, -0.2) is 36.2 Å². The van der Waals surface area contributed by atoms with Crippen molar-refractivity contribution in [2.45, 2.75) is 12.8 Å². The van der Waals surface area contributed by atoms with Gasteiger partial charge in [0.05, 0.1) is 11.8 Å². The summed E-state index contributed by atoms with van der Waals surface area (Å²) in [5, 5.41) is 0. The van der Waals surface area contributed by atoms with Crippen LogP contribution in [0.1, 0.15) is 12.8 Å². The van der Waals surface area contributed by atoms with Gasteiger partial charge in [0.15, 0.2) is 0 Å². The van der Waals surface area contributed by atoms with Crippen LogP contribution >= 0.6 is 0 Å². The number of allylic oxidation sites excluding steroid dienone is 2. The van der Waals surface area contributed by atoms with Crippen molar-refractivity contribution in [1.82, 2.24) is 4.90 Å². The molecule has 3 aliphatic rings. The van der Waals surface area contributed by atoms with E-state index in [1.54, 1.807) is 11.9 Å². The SMILES string of the molecule is CN(C(=O)CCN1C(=O)[C@@H]2[C@@H](C1=O)[C@@H]1C=C[C@@H]2C1)c1ccccc1. The first-order valence-electron chi connectivity index (χ1n) is 8.43. The number of carbonyl (C=O) groups excluding carboxylic acids is 3. The van der Waals surface area contributed by atoms with Gasteiger partial charge in [-0.05, 0) is 30.4 Å². The number of benzene rings is 1. The Morgan fingerprint density at radius 2 is 1.67 bits per heavy atom. The molecule has 1 heterocycles. The molecule has 1 aliphatic heterocycles. The lowest BCUT2D eigenvalue weighted by Crippen LogP contribution is -2.37. The largest absolute Gasteiger partial charge is 0.315 e. The van der Waals surface area contributed by atoms with Gasteiger partial charge in [-0.1, -0.05) is 30.4 Å². The number of carbonyl (C=O) groups is 3. The maximum Gasteiger partial charge on any atom is 0.233 e. The van der Waals surface area contributed by atoms with E-state index in [1.807, 2.05) is 30.3 Å². The molecule has 0 aromatic heterocycles. The molecular weight excluding hydrogens is 304 g/mol. The second-order valence-corrected chi connectivity index (χ2v) is 6.87. The van der Waals surface area contributed by atoms with Gasteiger partial charge in [0.25, 0.3) is 0 Å². The Morgan fingerprint density at radius 1 is 1.08 bits per heavy atom. The minimum atomic E-state index is -0.186. The highest BCUT2D eigenvalue weighted by molar-refractivity contribution is 6.06. The molecule has 2 fully saturated rings. The average Bonchev–Trinajstić information content (AvgIpc) is 3.28. The number of para-hydroxylation sites is 1. The van der Waals surface area contributed by atoms with Crippen molar-refractivity contribution in [3.8, 4) is 0 Å². The van der Waals surface area contributed by atoms with Gasteiger partial charge in [-0.2, -0.15) is 0 Å². The molecule has 0 unspecified atom stereocenters. The predicted molar refractivity (Wildman–Crippen MR) is 88.9 cm³/mol. The Morgan fingerprint density at radius 3 is 2.25 bits per heavy atom. The number of amides is 3. The third-order valence-corrected chi connectivity index (χ3v) is 5.63. The Hall–Kier alpha value is -2.43. The molecule has 124 valence electrons. The first kappa shape index (κ1) is 15.1. The van der Waals surface area contributed by atoms with E-state index in [4.69, 9.17) is 0 Å². The van der Waals surface area contributed by atoms with Crippen LogP contribution in [-0.2, 0) is 14.4 Å². The van der Waals surface area contributed by atoms with Crippen LogP contribution in [0.2, 0.25) is 0 Å². The molecule has 3 amide bonds. The highest BCUT2D eigenvalue weighted by atomic mass is 16.2. The number of anilines is 1. The maximum atomic E-state index is 12.6. The molecular formula is C19H20N2O3. The van der Waals surface area contributed by atoms with Crippen molar-refractivity contribution in [2.75, 3.05) is 18.5 Å². The van der Waals surface area contributed by atoms with Crippen LogP contribution < -0.4 is 4.90 Å². The van der Waals surface area contributed by atoms with Crippen molar-refractivity contribution in [3.05, 3.63) is 42.5 Å². The molecule has 1 aromatic carbocycles. The number of hydrogen-bond donors (Lipinski definition) is 0. The van der Waals surface area contributed by atoms with E-state index in [-0.39, 0.29) is 54.4 Å². The van der Waals surface area contributed by atoms with Gasteiger partial charge >= 0.3 is 0 Å². The zero-order valence-electron chi connectivity index (χ0n) is 13.6. The van der Waals surface area contributed by atoms with E-state index in [0.717, 1.165) is 12.1 Å². The summed E-state index contributed by atoms with van der Waals surface area (Å²) < 4.78 is 0. The van der Waals surface area contributed by atoms with Gasteiger partial charge in [0.1, 0.15) is 0 Å².